The number of hydrogen-bond acceptors (Lipinski definition) is 4. The molecule has 1 saturated carbocycles. The number of aryl methyl sites for hydroxylation is 1. The maximum atomic E-state index is 13.3. The van der Waals surface area contributed by atoms with E-state index in [9.17, 15) is 8.42 Å². The lowest BCUT2D eigenvalue weighted by Gasteiger charge is -2.16. The third kappa shape index (κ3) is 2.80. The molecule has 2 atom stereocenters. The van der Waals surface area contributed by atoms with Gasteiger partial charge in [0.05, 0.1) is 17.1 Å². The molecular formula is C18H24N4O2S. The predicted molar refractivity (Wildman–Crippen MR) is 96.0 cm³/mol. The van der Waals surface area contributed by atoms with Crippen LogP contribution in [0.25, 0.3) is 5.69 Å². The number of para-hydroxylation sites is 1. The Morgan fingerprint density at radius 1 is 1.12 bits per heavy atom. The molecule has 2 aliphatic rings. The molecule has 0 amide bonds. The normalized spacial score (nSPS) is 24.8. The van der Waals surface area contributed by atoms with Crippen LogP contribution in [-0.4, -0.2) is 41.6 Å². The molecule has 25 heavy (non-hydrogen) atoms. The summed E-state index contributed by atoms with van der Waals surface area (Å²) in [6.45, 7) is 4.50. The molecule has 0 bridgehead atoms. The highest BCUT2D eigenvalue weighted by Crippen LogP contribution is 2.42. The number of hydrogen-bond donors (Lipinski definition) is 1. The lowest BCUT2D eigenvalue weighted by Crippen LogP contribution is -2.33. The molecule has 6 nitrogen and oxygen atoms in total. The molecule has 2 fully saturated rings. The predicted octanol–water partition coefficient (Wildman–Crippen LogP) is 1.85. The summed E-state index contributed by atoms with van der Waals surface area (Å²) in [5.41, 5.74) is 8.27. The summed E-state index contributed by atoms with van der Waals surface area (Å²) in [7, 11) is -3.59. The van der Waals surface area contributed by atoms with Gasteiger partial charge in [-0.2, -0.15) is 9.40 Å². The second-order valence-corrected chi connectivity index (χ2v) is 9.11. The van der Waals surface area contributed by atoms with Gasteiger partial charge >= 0.3 is 0 Å². The summed E-state index contributed by atoms with van der Waals surface area (Å²) in [6.07, 6.45) is 2.35. The van der Waals surface area contributed by atoms with E-state index >= 15 is 0 Å². The van der Waals surface area contributed by atoms with Gasteiger partial charge in [0.2, 0.25) is 10.0 Å². The van der Waals surface area contributed by atoms with E-state index < -0.39 is 10.0 Å². The van der Waals surface area contributed by atoms with E-state index in [0.29, 0.717) is 41.2 Å². The van der Waals surface area contributed by atoms with Crippen molar-refractivity contribution >= 4 is 10.0 Å². The zero-order valence-electron chi connectivity index (χ0n) is 14.6. The molecule has 2 unspecified atom stereocenters. The van der Waals surface area contributed by atoms with Crippen molar-refractivity contribution in [1.82, 2.24) is 14.1 Å². The lowest BCUT2D eigenvalue weighted by molar-refractivity contribution is 0.427. The summed E-state index contributed by atoms with van der Waals surface area (Å²) >= 11 is 0. The van der Waals surface area contributed by atoms with Gasteiger partial charge in [-0.1, -0.05) is 18.2 Å². The van der Waals surface area contributed by atoms with Crippen LogP contribution in [0.1, 0.15) is 24.2 Å². The molecule has 1 aliphatic carbocycles. The third-order valence-corrected chi connectivity index (χ3v) is 7.51. The lowest BCUT2D eigenvalue weighted by atomic mass is 9.99. The van der Waals surface area contributed by atoms with E-state index in [1.165, 1.54) is 12.8 Å². The molecule has 1 aromatic carbocycles. The van der Waals surface area contributed by atoms with Gasteiger partial charge < -0.3 is 5.73 Å². The van der Waals surface area contributed by atoms with Crippen molar-refractivity contribution in [2.45, 2.75) is 37.6 Å². The highest BCUT2D eigenvalue weighted by molar-refractivity contribution is 7.89. The third-order valence-electron chi connectivity index (χ3n) is 5.43. The first kappa shape index (κ1) is 16.8. The summed E-state index contributed by atoms with van der Waals surface area (Å²) in [5, 5.41) is 4.48. The molecule has 134 valence electrons. The Bertz CT molecular complexity index is 887. The molecule has 0 radical (unpaired) electrons. The number of rotatable bonds is 4. The van der Waals surface area contributed by atoms with Crippen molar-refractivity contribution in [1.29, 1.82) is 0 Å². The highest BCUT2D eigenvalue weighted by Gasteiger charge is 2.45. The van der Waals surface area contributed by atoms with Crippen molar-refractivity contribution in [2.75, 3.05) is 13.1 Å². The molecular weight excluding hydrogens is 336 g/mol. The molecule has 7 heteroatoms. The quantitative estimate of drug-likeness (QED) is 0.902. The first-order valence-corrected chi connectivity index (χ1v) is 10.2. The van der Waals surface area contributed by atoms with Crippen molar-refractivity contribution in [3.63, 3.8) is 0 Å². The number of nitrogens with two attached hydrogens (primary N) is 1. The fraction of sp³-hybridized carbons (Fsp3) is 0.500. The van der Waals surface area contributed by atoms with E-state index in [-0.39, 0.29) is 6.04 Å². The smallest absolute Gasteiger partial charge is 0.246 e. The number of sulfonamides is 1. The average molecular weight is 360 g/mol. The first-order valence-electron chi connectivity index (χ1n) is 8.77. The Labute approximate surface area is 148 Å². The van der Waals surface area contributed by atoms with Gasteiger partial charge in [-0.3, -0.25) is 0 Å². The highest BCUT2D eigenvalue weighted by atomic mass is 32.2. The topological polar surface area (TPSA) is 81.2 Å². The maximum absolute atomic E-state index is 13.3. The van der Waals surface area contributed by atoms with Gasteiger partial charge in [-0.15, -0.1) is 0 Å². The van der Waals surface area contributed by atoms with E-state index in [0.717, 1.165) is 5.69 Å². The van der Waals surface area contributed by atoms with E-state index in [1.54, 1.807) is 15.9 Å². The largest absolute Gasteiger partial charge is 0.326 e. The Balaban J connectivity index is 1.70. The van der Waals surface area contributed by atoms with Crippen LogP contribution < -0.4 is 5.73 Å². The SMILES string of the molecule is Cc1nn(-c2ccccc2)c(C)c1S(=O)(=O)N1CC(N)C(C2CC2)C1. The zero-order valence-corrected chi connectivity index (χ0v) is 15.4. The number of nitrogens with zero attached hydrogens (tertiary/aromatic N) is 3. The average Bonchev–Trinajstić information content (AvgIpc) is 3.27. The van der Waals surface area contributed by atoms with Crippen LogP contribution in [0.2, 0.25) is 0 Å². The van der Waals surface area contributed by atoms with E-state index in [1.807, 2.05) is 37.3 Å². The molecule has 4 rings (SSSR count). The van der Waals surface area contributed by atoms with Gasteiger partial charge in [-0.05, 0) is 50.7 Å². The molecule has 1 aliphatic heterocycles. The van der Waals surface area contributed by atoms with Crippen molar-refractivity contribution in [2.24, 2.45) is 17.6 Å². The van der Waals surface area contributed by atoms with Crippen LogP contribution in [0.3, 0.4) is 0 Å². The molecule has 2 aromatic rings. The Kier molecular flexibility index (Phi) is 3.97. The van der Waals surface area contributed by atoms with Crippen molar-refractivity contribution in [3.8, 4) is 5.69 Å². The van der Waals surface area contributed by atoms with Crippen LogP contribution in [0.4, 0.5) is 0 Å². The molecule has 0 spiro atoms. The fourth-order valence-corrected chi connectivity index (χ4v) is 5.86. The fourth-order valence-electron chi connectivity index (χ4n) is 3.99. The molecule has 2 heterocycles. The number of aromatic nitrogens is 2. The van der Waals surface area contributed by atoms with E-state index in [4.69, 9.17) is 5.73 Å². The first-order chi connectivity index (χ1) is 11.9. The van der Waals surface area contributed by atoms with Crippen LogP contribution in [0.5, 0.6) is 0 Å². The van der Waals surface area contributed by atoms with Gasteiger partial charge in [0.1, 0.15) is 4.90 Å². The second kappa shape index (κ2) is 5.93. The monoisotopic (exact) mass is 360 g/mol. The standard InChI is InChI=1S/C18H24N4O2S/c1-12-18(13(2)22(20-12)15-6-4-3-5-7-15)25(23,24)21-10-16(14-8-9-14)17(19)11-21/h3-7,14,16-17H,8-11,19H2,1-2H3. The van der Waals surface area contributed by atoms with Crippen molar-refractivity contribution in [3.05, 3.63) is 41.7 Å². The van der Waals surface area contributed by atoms with Gasteiger partial charge in [0.15, 0.2) is 0 Å². The van der Waals surface area contributed by atoms with Crippen LogP contribution >= 0.6 is 0 Å². The summed E-state index contributed by atoms with van der Waals surface area (Å²) < 4.78 is 29.8. The Morgan fingerprint density at radius 3 is 2.44 bits per heavy atom. The second-order valence-electron chi connectivity index (χ2n) is 7.23. The van der Waals surface area contributed by atoms with Gasteiger partial charge in [0.25, 0.3) is 0 Å². The molecule has 1 aromatic heterocycles. The van der Waals surface area contributed by atoms with Gasteiger partial charge in [0, 0.05) is 19.1 Å². The maximum Gasteiger partial charge on any atom is 0.246 e. The molecule has 1 saturated heterocycles. The number of benzene rings is 1. The minimum Gasteiger partial charge on any atom is -0.326 e. The minimum absolute atomic E-state index is 0.0629. The van der Waals surface area contributed by atoms with Crippen molar-refractivity contribution < 1.29 is 8.42 Å². The minimum atomic E-state index is -3.59. The van der Waals surface area contributed by atoms with Crippen LogP contribution in [-0.2, 0) is 10.0 Å². The Hall–Kier alpha value is -1.70. The van der Waals surface area contributed by atoms with Crippen LogP contribution in [0.15, 0.2) is 35.2 Å². The summed E-state index contributed by atoms with van der Waals surface area (Å²) in [6, 6.07) is 9.54. The van der Waals surface area contributed by atoms with Crippen LogP contribution in [0, 0.1) is 25.7 Å². The van der Waals surface area contributed by atoms with E-state index in [2.05, 4.69) is 5.10 Å². The summed E-state index contributed by atoms with van der Waals surface area (Å²) in [4.78, 5) is 0.319. The van der Waals surface area contributed by atoms with Gasteiger partial charge in [-0.25, -0.2) is 13.1 Å². The zero-order chi connectivity index (χ0) is 17.8. The summed E-state index contributed by atoms with van der Waals surface area (Å²) in [5.74, 6) is 0.893. The molecule has 2 N–H and O–H groups in total. The Morgan fingerprint density at radius 2 is 1.80 bits per heavy atom.